The molecule has 1 fully saturated rings. The summed E-state index contributed by atoms with van der Waals surface area (Å²) in [4.78, 5) is 0. The monoisotopic (exact) mass is 286 g/mol. The minimum absolute atomic E-state index is 0.587. The Hall–Kier alpha value is -0.240. The fraction of sp³-hybridized carbons (Fsp3) is 0.600. The molecule has 1 aromatic carbocycles. The summed E-state index contributed by atoms with van der Waals surface area (Å²) in [5.41, 5.74) is 0.413. The number of hydrogen-bond acceptors (Lipinski definition) is 1. The fourth-order valence-corrected chi connectivity index (χ4v) is 3.47. The van der Waals surface area contributed by atoms with Crippen LogP contribution in [-0.2, 0) is 6.42 Å². The van der Waals surface area contributed by atoms with Gasteiger partial charge in [-0.15, -0.1) is 0 Å². The second kappa shape index (κ2) is 5.81. The minimum atomic E-state index is -0.587. The first-order valence-corrected chi connectivity index (χ1v) is 7.44. The van der Waals surface area contributed by atoms with Crippen molar-refractivity contribution in [1.29, 1.82) is 0 Å². The maximum absolute atomic E-state index is 10.7. The Labute approximate surface area is 119 Å². The van der Waals surface area contributed by atoms with Gasteiger partial charge in [-0.1, -0.05) is 55.5 Å². The molecule has 1 N–H and O–H groups in total. The molecule has 0 amide bonds. The van der Waals surface area contributed by atoms with E-state index in [0.717, 1.165) is 31.2 Å². The van der Waals surface area contributed by atoms with Gasteiger partial charge in [0.25, 0.3) is 0 Å². The van der Waals surface area contributed by atoms with Gasteiger partial charge in [0.2, 0.25) is 0 Å². The predicted molar refractivity (Wildman–Crippen MR) is 77.4 cm³/mol. The van der Waals surface area contributed by atoms with Crippen LogP contribution in [0, 0.1) is 5.92 Å². The highest BCUT2D eigenvalue weighted by atomic mass is 35.5. The summed E-state index contributed by atoms with van der Waals surface area (Å²) in [6.45, 7) is 2.20. The highest BCUT2D eigenvalue weighted by Gasteiger charge is 2.34. The summed E-state index contributed by atoms with van der Waals surface area (Å²) >= 11 is 12.1. The van der Waals surface area contributed by atoms with Gasteiger partial charge in [-0.3, -0.25) is 0 Å². The summed E-state index contributed by atoms with van der Waals surface area (Å²) < 4.78 is 0. The minimum Gasteiger partial charge on any atom is -0.390 e. The second-order valence-corrected chi connectivity index (χ2v) is 6.35. The van der Waals surface area contributed by atoms with Crippen molar-refractivity contribution in [3.8, 4) is 0 Å². The van der Waals surface area contributed by atoms with Gasteiger partial charge in [0.1, 0.15) is 0 Å². The van der Waals surface area contributed by atoms with Crippen LogP contribution in [0.1, 0.15) is 44.6 Å². The number of benzene rings is 1. The molecule has 3 heteroatoms. The van der Waals surface area contributed by atoms with Crippen molar-refractivity contribution in [2.24, 2.45) is 5.92 Å². The molecule has 2 rings (SSSR count). The van der Waals surface area contributed by atoms with E-state index >= 15 is 0 Å². The number of rotatable bonds is 3. The maximum atomic E-state index is 10.7. The zero-order chi connectivity index (χ0) is 13.2. The average molecular weight is 287 g/mol. The van der Waals surface area contributed by atoms with Crippen LogP contribution in [0.4, 0.5) is 0 Å². The van der Waals surface area contributed by atoms with Crippen LogP contribution in [0.2, 0.25) is 10.0 Å². The van der Waals surface area contributed by atoms with Crippen LogP contribution in [0.15, 0.2) is 18.2 Å². The van der Waals surface area contributed by atoms with E-state index in [0.29, 0.717) is 22.4 Å². The van der Waals surface area contributed by atoms with E-state index in [9.17, 15) is 5.11 Å². The zero-order valence-corrected chi connectivity index (χ0v) is 12.3. The van der Waals surface area contributed by atoms with Crippen LogP contribution in [0.25, 0.3) is 0 Å². The Bertz CT molecular complexity index is 419. The van der Waals surface area contributed by atoms with Gasteiger partial charge in [-0.05, 0) is 36.5 Å². The third kappa shape index (κ3) is 3.40. The first-order valence-electron chi connectivity index (χ1n) is 6.69. The van der Waals surface area contributed by atoms with Gasteiger partial charge < -0.3 is 5.11 Å². The normalized spacial score (nSPS) is 28.3. The summed E-state index contributed by atoms with van der Waals surface area (Å²) in [5.74, 6) is 0.648. The van der Waals surface area contributed by atoms with Gasteiger partial charge in [0.05, 0.1) is 5.60 Å². The van der Waals surface area contributed by atoms with E-state index in [4.69, 9.17) is 23.2 Å². The molecule has 18 heavy (non-hydrogen) atoms. The van der Waals surface area contributed by atoms with Crippen molar-refractivity contribution in [1.82, 2.24) is 0 Å². The number of hydrogen-bond donors (Lipinski definition) is 1. The summed E-state index contributed by atoms with van der Waals surface area (Å²) in [6, 6.07) is 5.52. The Morgan fingerprint density at radius 3 is 2.83 bits per heavy atom. The average Bonchev–Trinajstić information content (AvgIpc) is 2.33. The lowest BCUT2D eigenvalue weighted by Crippen LogP contribution is -2.37. The van der Waals surface area contributed by atoms with Gasteiger partial charge in [-0.2, -0.15) is 0 Å². The van der Waals surface area contributed by atoms with Crippen molar-refractivity contribution in [3.05, 3.63) is 33.8 Å². The quantitative estimate of drug-likeness (QED) is 0.841. The van der Waals surface area contributed by atoms with Crippen LogP contribution in [0.3, 0.4) is 0 Å². The third-order valence-corrected chi connectivity index (χ3v) is 4.62. The Kier molecular flexibility index (Phi) is 4.58. The topological polar surface area (TPSA) is 20.2 Å². The summed E-state index contributed by atoms with van der Waals surface area (Å²) in [6.07, 6.45) is 5.91. The zero-order valence-electron chi connectivity index (χ0n) is 10.8. The second-order valence-electron chi connectivity index (χ2n) is 5.51. The number of aliphatic hydroxyl groups is 1. The molecule has 0 aromatic heterocycles. The van der Waals surface area contributed by atoms with E-state index in [1.165, 1.54) is 6.42 Å². The molecule has 100 valence electrons. The highest BCUT2D eigenvalue weighted by Crippen LogP contribution is 2.37. The molecular formula is C15H20Cl2O. The lowest BCUT2D eigenvalue weighted by Gasteiger charge is -2.37. The van der Waals surface area contributed by atoms with Gasteiger partial charge >= 0.3 is 0 Å². The first-order chi connectivity index (χ1) is 8.52. The molecule has 0 spiro atoms. The Balaban J connectivity index is 2.11. The smallest absolute Gasteiger partial charge is 0.0691 e. The SMILES string of the molecule is CCC1CCCC(O)(Cc2ccc(Cl)cc2Cl)C1. The summed E-state index contributed by atoms with van der Waals surface area (Å²) in [7, 11) is 0. The molecule has 0 radical (unpaired) electrons. The van der Waals surface area contributed by atoms with E-state index in [2.05, 4.69) is 6.92 Å². The first kappa shape index (κ1) is 14.2. The van der Waals surface area contributed by atoms with Crippen molar-refractivity contribution in [3.63, 3.8) is 0 Å². The molecule has 2 atom stereocenters. The molecule has 0 heterocycles. The molecule has 1 aliphatic rings. The van der Waals surface area contributed by atoms with Crippen LogP contribution < -0.4 is 0 Å². The Morgan fingerprint density at radius 2 is 2.17 bits per heavy atom. The number of halogens is 2. The third-order valence-electron chi connectivity index (χ3n) is 4.04. The molecule has 1 aliphatic carbocycles. The van der Waals surface area contributed by atoms with E-state index in [1.54, 1.807) is 6.07 Å². The molecule has 0 bridgehead atoms. The van der Waals surface area contributed by atoms with E-state index in [-0.39, 0.29) is 0 Å². The molecule has 0 aliphatic heterocycles. The standard InChI is InChI=1S/C15H20Cl2O/c1-2-11-4-3-7-15(18,9-11)10-12-5-6-13(16)8-14(12)17/h5-6,8,11,18H,2-4,7,9-10H2,1H3. The van der Waals surface area contributed by atoms with Crippen molar-refractivity contribution < 1.29 is 5.11 Å². The lowest BCUT2D eigenvalue weighted by atomic mass is 9.74. The van der Waals surface area contributed by atoms with Gasteiger partial charge in [0, 0.05) is 16.5 Å². The lowest BCUT2D eigenvalue weighted by molar-refractivity contribution is -0.0161. The molecular weight excluding hydrogens is 267 g/mol. The van der Waals surface area contributed by atoms with Gasteiger partial charge in [0.15, 0.2) is 0 Å². The summed E-state index contributed by atoms with van der Waals surface area (Å²) in [5, 5.41) is 12.0. The molecule has 1 nitrogen and oxygen atoms in total. The van der Waals surface area contributed by atoms with Crippen LogP contribution in [0.5, 0.6) is 0 Å². The van der Waals surface area contributed by atoms with Crippen molar-refractivity contribution in [2.75, 3.05) is 0 Å². The molecule has 1 aromatic rings. The highest BCUT2D eigenvalue weighted by molar-refractivity contribution is 6.35. The predicted octanol–water partition coefficient (Wildman–Crippen LogP) is 4.87. The van der Waals surface area contributed by atoms with Crippen LogP contribution in [-0.4, -0.2) is 10.7 Å². The maximum Gasteiger partial charge on any atom is 0.0691 e. The molecule has 2 unspecified atom stereocenters. The molecule has 0 saturated heterocycles. The van der Waals surface area contributed by atoms with Gasteiger partial charge in [-0.25, -0.2) is 0 Å². The van der Waals surface area contributed by atoms with Crippen LogP contribution >= 0.6 is 23.2 Å². The van der Waals surface area contributed by atoms with E-state index < -0.39 is 5.60 Å². The van der Waals surface area contributed by atoms with Crippen molar-refractivity contribution >= 4 is 23.2 Å². The fourth-order valence-electron chi connectivity index (χ4n) is 2.99. The largest absolute Gasteiger partial charge is 0.390 e. The molecule has 1 saturated carbocycles. The Morgan fingerprint density at radius 1 is 1.39 bits per heavy atom. The van der Waals surface area contributed by atoms with Crippen molar-refractivity contribution in [2.45, 2.75) is 51.0 Å². The van der Waals surface area contributed by atoms with E-state index in [1.807, 2.05) is 12.1 Å².